The summed E-state index contributed by atoms with van der Waals surface area (Å²) in [6.45, 7) is 5.79. The molecule has 0 atom stereocenters. The number of hydrogen-bond acceptors (Lipinski definition) is 4. The molecule has 0 amide bonds. The van der Waals surface area contributed by atoms with Crippen LogP contribution in [-0.4, -0.2) is 30.9 Å². The fourth-order valence-electron chi connectivity index (χ4n) is 2.12. The molecule has 3 aromatic rings. The van der Waals surface area contributed by atoms with Crippen molar-refractivity contribution in [3.05, 3.63) is 57.6 Å². The lowest BCUT2D eigenvalue weighted by molar-refractivity contribution is 0.708. The van der Waals surface area contributed by atoms with E-state index in [0.29, 0.717) is 11.8 Å². The third-order valence-electron chi connectivity index (χ3n) is 3.17. The molecular weight excluding hydrogens is 344 g/mol. The van der Waals surface area contributed by atoms with Gasteiger partial charge in [-0.05, 0) is 44.5 Å². The third-order valence-corrected chi connectivity index (χ3v) is 3.70. The lowest BCUT2D eigenvalue weighted by Crippen LogP contribution is -2.07. The molecular formula is C15H15BrN6. The average Bonchev–Trinajstić information content (AvgIpc) is 3.00. The second-order valence-corrected chi connectivity index (χ2v) is 5.91. The van der Waals surface area contributed by atoms with E-state index in [0.717, 1.165) is 21.4 Å². The Morgan fingerprint density at radius 3 is 2.45 bits per heavy atom. The second kappa shape index (κ2) is 5.84. The fraction of sp³-hybridized carbons (Fsp3) is 0.200. The van der Waals surface area contributed by atoms with Crippen LogP contribution in [0.1, 0.15) is 22.8 Å². The van der Waals surface area contributed by atoms with Crippen molar-refractivity contribution in [2.75, 3.05) is 0 Å². The minimum Gasteiger partial charge on any atom is -0.202 e. The molecule has 0 radical (unpaired) electrons. The van der Waals surface area contributed by atoms with Crippen molar-refractivity contribution in [1.29, 1.82) is 0 Å². The molecule has 6 nitrogen and oxygen atoms in total. The Kier molecular flexibility index (Phi) is 3.89. The number of rotatable bonds is 3. The second-order valence-electron chi connectivity index (χ2n) is 4.99. The lowest BCUT2D eigenvalue weighted by Gasteiger charge is -2.03. The summed E-state index contributed by atoms with van der Waals surface area (Å²) in [6.07, 6.45) is 1.78. The highest BCUT2D eigenvalue weighted by Gasteiger charge is 2.13. The summed E-state index contributed by atoms with van der Waals surface area (Å²) in [4.78, 5) is 0. The summed E-state index contributed by atoms with van der Waals surface area (Å²) >= 11 is 3.42. The minimum atomic E-state index is 0.580. The van der Waals surface area contributed by atoms with Crippen LogP contribution >= 0.6 is 15.9 Å². The number of benzene rings is 1. The molecule has 0 aliphatic rings. The summed E-state index contributed by atoms with van der Waals surface area (Å²) in [5.74, 6) is 1.28. The number of aromatic nitrogens is 5. The van der Waals surface area contributed by atoms with Crippen LogP contribution in [0.15, 0.2) is 39.9 Å². The van der Waals surface area contributed by atoms with Crippen LogP contribution in [0, 0.1) is 20.8 Å². The van der Waals surface area contributed by atoms with Gasteiger partial charge in [-0.2, -0.15) is 14.9 Å². The highest BCUT2D eigenvalue weighted by atomic mass is 79.9. The van der Waals surface area contributed by atoms with E-state index in [4.69, 9.17) is 0 Å². The van der Waals surface area contributed by atoms with Crippen molar-refractivity contribution in [2.24, 2.45) is 5.10 Å². The predicted octanol–water partition coefficient (Wildman–Crippen LogP) is 3.03. The maximum atomic E-state index is 4.48. The van der Waals surface area contributed by atoms with Gasteiger partial charge in [0, 0.05) is 10.2 Å². The van der Waals surface area contributed by atoms with E-state index >= 15 is 0 Å². The van der Waals surface area contributed by atoms with Crippen molar-refractivity contribution >= 4 is 22.1 Å². The topological polar surface area (TPSA) is 60.9 Å². The molecule has 0 N–H and O–H groups in total. The zero-order chi connectivity index (χ0) is 15.7. The molecule has 22 heavy (non-hydrogen) atoms. The smallest absolute Gasteiger partial charge is 0.202 e. The van der Waals surface area contributed by atoms with E-state index < -0.39 is 0 Å². The van der Waals surface area contributed by atoms with E-state index in [2.05, 4.69) is 36.3 Å². The highest BCUT2D eigenvalue weighted by molar-refractivity contribution is 9.10. The summed E-state index contributed by atoms with van der Waals surface area (Å²) in [5, 5.41) is 17.2. The molecule has 2 heterocycles. The van der Waals surface area contributed by atoms with Gasteiger partial charge < -0.3 is 0 Å². The SMILES string of the molecule is Cc1cc(C)n(-c2nnc(C)n2N=Cc2ccc(Br)cc2)n1. The van der Waals surface area contributed by atoms with Crippen LogP contribution in [0.4, 0.5) is 0 Å². The van der Waals surface area contributed by atoms with Crippen LogP contribution in [0.25, 0.3) is 5.95 Å². The van der Waals surface area contributed by atoms with Gasteiger partial charge in [-0.25, -0.2) is 4.68 Å². The molecule has 0 saturated heterocycles. The molecule has 3 rings (SSSR count). The van der Waals surface area contributed by atoms with Crippen LogP contribution in [0.3, 0.4) is 0 Å². The van der Waals surface area contributed by atoms with E-state index in [1.807, 2.05) is 51.1 Å². The van der Waals surface area contributed by atoms with Crippen molar-refractivity contribution < 1.29 is 0 Å². The fourth-order valence-corrected chi connectivity index (χ4v) is 2.38. The first-order valence-corrected chi connectivity index (χ1v) is 7.59. The Labute approximate surface area is 136 Å². The summed E-state index contributed by atoms with van der Waals surface area (Å²) in [5.41, 5.74) is 2.92. The van der Waals surface area contributed by atoms with Crippen LogP contribution < -0.4 is 0 Å². The lowest BCUT2D eigenvalue weighted by atomic mass is 10.2. The van der Waals surface area contributed by atoms with Gasteiger partial charge >= 0.3 is 0 Å². The van der Waals surface area contributed by atoms with Gasteiger partial charge in [0.15, 0.2) is 5.82 Å². The zero-order valence-corrected chi connectivity index (χ0v) is 14.1. The Morgan fingerprint density at radius 1 is 1.09 bits per heavy atom. The van der Waals surface area contributed by atoms with E-state index in [1.54, 1.807) is 15.6 Å². The maximum Gasteiger partial charge on any atom is 0.273 e. The van der Waals surface area contributed by atoms with Crippen LogP contribution in [-0.2, 0) is 0 Å². The predicted molar refractivity (Wildman–Crippen MR) is 88.5 cm³/mol. The molecule has 0 fully saturated rings. The Balaban J connectivity index is 1.99. The first kappa shape index (κ1) is 14.6. The standard InChI is InChI=1S/C15H15BrN6/c1-10-8-11(2)21(20-10)15-19-18-12(3)22(15)17-9-13-4-6-14(16)7-5-13/h4-9H,1-3H3. The van der Waals surface area contributed by atoms with E-state index in [-0.39, 0.29) is 0 Å². The number of hydrogen-bond donors (Lipinski definition) is 0. The molecule has 2 aromatic heterocycles. The maximum absolute atomic E-state index is 4.48. The largest absolute Gasteiger partial charge is 0.273 e. The molecule has 7 heteroatoms. The van der Waals surface area contributed by atoms with Gasteiger partial charge in [0.05, 0.1) is 11.9 Å². The summed E-state index contributed by atoms with van der Waals surface area (Å²) < 4.78 is 4.46. The molecule has 0 spiro atoms. The van der Waals surface area contributed by atoms with E-state index in [1.165, 1.54) is 0 Å². The monoisotopic (exact) mass is 358 g/mol. The quantitative estimate of drug-likeness (QED) is 0.676. The number of nitrogens with zero attached hydrogens (tertiary/aromatic N) is 6. The Bertz CT molecular complexity index is 828. The molecule has 0 saturated carbocycles. The normalized spacial score (nSPS) is 11.5. The van der Waals surface area contributed by atoms with Gasteiger partial charge in [-0.1, -0.05) is 28.1 Å². The van der Waals surface area contributed by atoms with Gasteiger partial charge in [0.1, 0.15) is 0 Å². The van der Waals surface area contributed by atoms with Crippen LogP contribution in [0.5, 0.6) is 0 Å². The van der Waals surface area contributed by atoms with Crippen molar-refractivity contribution in [3.63, 3.8) is 0 Å². The molecule has 0 unspecified atom stereocenters. The van der Waals surface area contributed by atoms with Crippen LogP contribution in [0.2, 0.25) is 0 Å². The number of aryl methyl sites for hydroxylation is 3. The molecule has 0 aliphatic heterocycles. The van der Waals surface area contributed by atoms with E-state index in [9.17, 15) is 0 Å². The van der Waals surface area contributed by atoms with Gasteiger partial charge in [0.2, 0.25) is 0 Å². The minimum absolute atomic E-state index is 0.580. The van der Waals surface area contributed by atoms with Crippen molar-refractivity contribution in [2.45, 2.75) is 20.8 Å². The first-order chi connectivity index (χ1) is 10.5. The molecule has 0 aliphatic carbocycles. The summed E-state index contributed by atoms with van der Waals surface area (Å²) in [6, 6.07) is 9.91. The Morgan fingerprint density at radius 2 is 1.82 bits per heavy atom. The number of halogens is 1. The first-order valence-electron chi connectivity index (χ1n) is 6.80. The van der Waals surface area contributed by atoms with Gasteiger partial charge in [-0.15, -0.1) is 10.2 Å². The third kappa shape index (κ3) is 2.85. The molecule has 1 aromatic carbocycles. The van der Waals surface area contributed by atoms with Crippen molar-refractivity contribution in [1.82, 2.24) is 24.7 Å². The van der Waals surface area contributed by atoms with Crippen molar-refractivity contribution in [3.8, 4) is 5.95 Å². The zero-order valence-electron chi connectivity index (χ0n) is 12.5. The van der Waals surface area contributed by atoms with Gasteiger partial charge in [-0.3, -0.25) is 0 Å². The highest BCUT2D eigenvalue weighted by Crippen LogP contribution is 2.12. The molecule has 0 bridgehead atoms. The van der Waals surface area contributed by atoms with Gasteiger partial charge in [0.25, 0.3) is 5.95 Å². The Hall–Kier alpha value is -2.28. The summed E-state index contributed by atoms with van der Waals surface area (Å²) in [7, 11) is 0. The molecule has 112 valence electrons. The average molecular weight is 359 g/mol.